The van der Waals surface area contributed by atoms with Crippen molar-refractivity contribution in [1.29, 1.82) is 0 Å². The van der Waals surface area contributed by atoms with E-state index in [2.05, 4.69) is 97.9 Å². The molecule has 2 aromatic carbocycles. The average molecular weight is 430 g/mol. The van der Waals surface area contributed by atoms with Crippen LogP contribution in [0.2, 0.25) is 0 Å². The number of benzene rings is 2. The minimum atomic E-state index is 0.0992. The Morgan fingerprint density at radius 2 is 1.34 bits per heavy atom. The molecule has 1 heterocycles. The summed E-state index contributed by atoms with van der Waals surface area (Å²) in [5, 5.41) is 2.59. The summed E-state index contributed by atoms with van der Waals surface area (Å²) in [5.41, 5.74) is 7.24. The minimum absolute atomic E-state index is 0.0992. The first kappa shape index (κ1) is 24.5. The van der Waals surface area contributed by atoms with E-state index >= 15 is 0 Å². The maximum Gasteiger partial charge on any atom is 0.0783 e. The Bertz CT molecular complexity index is 1100. The second kappa shape index (κ2) is 8.65. The SMILES string of the molecule is CC.CCC(CC)c1ccccc1-c1nccc2cc3c(cc12)C(C)(C)C(C)(C)C3(C)C. The van der Waals surface area contributed by atoms with E-state index in [1.165, 1.54) is 33.0 Å². The molecule has 172 valence electrons. The van der Waals surface area contributed by atoms with Crippen molar-refractivity contribution in [2.45, 2.75) is 98.8 Å². The number of hydrogen-bond acceptors (Lipinski definition) is 1. The average Bonchev–Trinajstić information content (AvgIpc) is 2.89. The first-order valence-electron chi connectivity index (χ1n) is 12.6. The van der Waals surface area contributed by atoms with Gasteiger partial charge in [-0.05, 0) is 69.2 Å². The van der Waals surface area contributed by atoms with Crippen LogP contribution < -0.4 is 0 Å². The standard InChI is InChI=1S/C29H37N.C2H6/c1-9-19(10-2)21-13-11-12-14-22(21)26-23-18-25-24(17-20(23)15-16-30-26)27(3,4)29(7,8)28(25,5)6;1-2/h11-19H,9-10H2,1-8H3;1-2H3. The van der Waals surface area contributed by atoms with Gasteiger partial charge in [0.25, 0.3) is 0 Å². The number of fused-ring (bicyclic) bond motifs is 2. The second-order valence-corrected chi connectivity index (χ2v) is 10.8. The summed E-state index contributed by atoms with van der Waals surface area (Å²) in [6.07, 6.45) is 4.30. The Balaban J connectivity index is 0.00000141. The molecule has 0 spiro atoms. The van der Waals surface area contributed by atoms with Gasteiger partial charge in [-0.1, -0.05) is 99.6 Å². The van der Waals surface area contributed by atoms with E-state index in [1.807, 2.05) is 20.0 Å². The van der Waals surface area contributed by atoms with Crippen molar-refractivity contribution in [1.82, 2.24) is 4.98 Å². The van der Waals surface area contributed by atoms with Gasteiger partial charge in [0.1, 0.15) is 0 Å². The Kier molecular flexibility index (Phi) is 6.62. The Morgan fingerprint density at radius 1 is 0.781 bits per heavy atom. The van der Waals surface area contributed by atoms with Crippen molar-refractivity contribution in [3.63, 3.8) is 0 Å². The molecule has 1 heteroatoms. The summed E-state index contributed by atoms with van der Waals surface area (Å²) < 4.78 is 0. The predicted molar refractivity (Wildman–Crippen MR) is 142 cm³/mol. The number of aromatic nitrogens is 1. The molecule has 0 aliphatic heterocycles. The highest BCUT2D eigenvalue weighted by Gasteiger charge is 2.56. The molecule has 32 heavy (non-hydrogen) atoms. The normalized spacial score (nSPS) is 17.7. The largest absolute Gasteiger partial charge is 0.256 e. The van der Waals surface area contributed by atoms with Crippen molar-refractivity contribution < 1.29 is 0 Å². The summed E-state index contributed by atoms with van der Waals surface area (Å²) in [5.74, 6) is 0.571. The molecule has 1 aromatic heterocycles. The van der Waals surface area contributed by atoms with E-state index < -0.39 is 0 Å². The predicted octanol–water partition coefficient (Wildman–Crippen LogP) is 9.43. The molecular formula is C31H43N. The molecule has 0 bridgehead atoms. The first-order chi connectivity index (χ1) is 15.1. The molecule has 0 amide bonds. The summed E-state index contributed by atoms with van der Waals surface area (Å²) in [6.45, 7) is 23.1. The molecule has 0 saturated carbocycles. The van der Waals surface area contributed by atoms with E-state index in [-0.39, 0.29) is 16.2 Å². The van der Waals surface area contributed by atoms with Crippen LogP contribution in [-0.2, 0) is 10.8 Å². The van der Waals surface area contributed by atoms with E-state index in [1.54, 1.807) is 0 Å². The van der Waals surface area contributed by atoms with Gasteiger partial charge in [-0.2, -0.15) is 0 Å². The first-order valence-corrected chi connectivity index (χ1v) is 12.6. The van der Waals surface area contributed by atoms with E-state index in [4.69, 9.17) is 4.98 Å². The number of nitrogens with zero attached hydrogens (tertiary/aromatic N) is 1. The lowest BCUT2D eigenvalue weighted by Gasteiger charge is -2.44. The van der Waals surface area contributed by atoms with E-state index in [0.29, 0.717) is 5.92 Å². The van der Waals surface area contributed by atoms with Gasteiger partial charge in [0.05, 0.1) is 5.69 Å². The van der Waals surface area contributed by atoms with Crippen molar-refractivity contribution in [3.8, 4) is 11.3 Å². The topological polar surface area (TPSA) is 12.9 Å². The van der Waals surface area contributed by atoms with Crippen LogP contribution in [0.4, 0.5) is 0 Å². The monoisotopic (exact) mass is 429 g/mol. The third-order valence-corrected chi connectivity index (χ3v) is 9.02. The number of pyridine rings is 1. The molecule has 0 N–H and O–H groups in total. The molecular weight excluding hydrogens is 386 g/mol. The molecule has 1 aliphatic rings. The van der Waals surface area contributed by atoms with Gasteiger partial charge in [-0.3, -0.25) is 4.98 Å². The fraction of sp³-hybridized carbons (Fsp3) is 0.516. The zero-order valence-corrected chi connectivity index (χ0v) is 22.1. The lowest BCUT2D eigenvalue weighted by molar-refractivity contribution is 0.125. The zero-order valence-electron chi connectivity index (χ0n) is 22.1. The van der Waals surface area contributed by atoms with Crippen molar-refractivity contribution in [2.24, 2.45) is 5.41 Å². The fourth-order valence-corrected chi connectivity index (χ4v) is 5.72. The van der Waals surface area contributed by atoms with Gasteiger partial charge < -0.3 is 0 Å². The minimum Gasteiger partial charge on any atom is -0.256 e. The molecule has 0 atom stereocenters. The quantitative estimate of drug-likeness (QED) is 0.402. The molecule has 0 radical (unpaired) electrons. The van der Waals surface area contributed by atoms with Gasteiger partial charge in [-0.25, -0.2) is 0 Å². The maximum absolute atomic E-state index is 4.93. The molecule has 0 saturated heterocycles. The highest BCUT2D eigenvalue weighted by Crippen LogP contribution is 2.62. The van der Waals surface area contributed by atoms with Crippen LogP contribution >= 0.6 is 0 Å². The van der Waals surface area contributed by atoms with Crippen LogP contribution in [0.5, 0.6) is 0 Å². The van der Waals surface area contributed by atoms with Gasteiger partial charge in [-0.15, -0.1) is 0 Å². The van der Waals surface area contributed by atoms with Crippen molar-refractivity contribution in [3.05, 3.63) is 65.4 Å². The van der Waals surface area contributed by atoms with Crippen LogP contribution in [0.25, 0.3) is 22.0 Å². The smallest absolute Gasteiger partial charge is 0.0783 e. The van der Waals surface area contributed by atoms with Gasteiger partial charge >= 0.3 is 0 Å². The van der Waals surface area contributed by atoms with Crippen LogP contribution in [0.3, 0.4) is 0 Å². The second-order valence-electron chi connectivity index (χ2n) is 10.8. The van der Waals surface area contributed by atoms with Crippen molar-refractivity contribution in [2.75, 3.05) is 0 Å². The lowest BCUT2D eigenvalue weighted by atomic mass is 9.59. The highest BCUT2D eigenvalue weighted by molar-refractivity contribution is 5.96. The lowest BCUT2D eigenvalue weighted by Crippen LogP contribution is -2.42. The van der Waals surface area contributed by atoms with Gasteiger partial charge in [0.15, 0.2) is 0 Å². The van der Waals surface area contributed by atoms with Crippen LogP contribution in [0, 0.1) is 5.41 Å². The number of hydrogen-bond donors (Lipinski definition) is 0. The maximum atomic E-state index is 4.93. The summed E-state index contributed by atoms with van der Waals surface area (Å²) in [6, 6.07) is 16.0. The molecule has 4 rings (SSSR count). The third-order valence-electron chi connectivity index (χ3n) is 9.02. The molecule has 0 unspecified atom stereocenters. The highest BCUT2D eigenvalue weighted by atomic mass is 14.7. The van der Waals surface area contributed by atoms with E-state index in [0.717, 1.165) is 18.5 Å². The molecule has 1 aliphatic carbocycles. The zero-order chi connectivity index (χ0) is 23.9. The fourth-order valence-electron chi connectivity index (χ4n) is 5.72. The Hall–Kier alpha value is -2.15. The molecule has 1 nitrogen and oxygen atoms in total. The number of rotatable bonds is 4. The van der Waals surface area contributed by atoms with Crippen LogP contribution in [-0.4, -0.2) is 4.98 Å². The summed E-state index contributed by atoms with van der Waals surface area (Å²) in [7, 11) is 0. The van der Waals surface area contributed by atoms with Crippen LogP contribution in [0.1, 0.15) is 105 Å². The molecule has 3 aromatic rings. The Morgan fingerprint density at radius 3 is 1.94 bits per heavy atom. The van der Waals surface area contributed by atoms with Crippen LogP contribution in [0.15, 0.2) is 48.7 Å². The summed E-state index contributed by atoms with van der Waals surface area (Å²) >= 11 is 0. The summed E-state index contributed by atoms with van der Waals surface area (Å²) in [4.78, 5) is 4.93. The van der Waals surface area contributed by atoms with Gasteiger partial charge in [0, 0.05) is 17.1 Å². The Labute approximate surface area is 196 Å². The third kappa shape index (κ3) is 3.40. The van der Waals surface area contributed by atoms with Gasteiger partial charge in [0.2, 0.25) is 0 Å². The van der Waals surface area contributed by atoms with E-state index in [9.17, 15) is 0 Å². The van der Waals surface area contributed by atoms with Crippen molar-refractivity contribution >= 4 is 10.8 Å². The molecule has 0 fully saturated rings.